The molecule has 32 heavy (non-hydrogen) atoms. The van der Waals surface area contributed by atoms with Crippen molar-refractivity contribution in [2.45, 2.75) is 11.3 Å². The molecule has 8 nitrogen and oxygen atoms in total. The fraction of sp³-hybridized carbons (Fsp3) is 0.273. The van der Waals surface area contributed by atoms with Gasteiger partial charge in [-0.25, -0.2) is 0 Å². The van der Waals surface area contributed by atoms with Gasteiger partial charge in [-0.2, -0.15) is 8.42 Å². The number of amides is 1. The molecule has 0 saturated carbocycles. The van der Waals surface area contributed by atoms with Crippen LogP contribution in [0.1, 0.15) is 12.0 Å². The molecule has 0 N–H and O–H groups in total. The molecule has 1 aliphatic rings. The Kier molecular flexibility index (Phi) is 7.94. The monoisotopic (exact) mass is 476 g/mol. The first-order valence-electron chi connectivity index (χ1n) is 9.72. The van der Waals surface area contributed by atoms with E-state index in [2.05, 4.69) is 4.40 Å². The number of hydrogen-bond acceptors (Lipinski definition) is 7. The normalized spacial score (nSPS) is 16.7. The molecule has 0 spiro atoms. The Morgan fingerprint density at radius 2 is 1.75 bits per heavy atom. The fourth-order valence-corrected chi connectivity index (χ4v) is 5.21. The number of carbonyl (C=O) groups is 1. The van der Waals surface area contributed by atoms with Crippen molar-refractivity contribution in [2.24, 2.45) is 4.40 Å². The number of rotatable bonds is 9. The molecular weight excluding hydrogens is 452 g/mol. The van der Waals surface area contributed by atoms with Gasteiger partial charge in [0.2, 0.25) is 0 Å². The molecule has 0 aromatic heterocycles. The molecule has 10 heteroatoms. The summed E-state index contributed by atoms with van der Waals surface area (Å²) in [7, 11) is 0.669. The van der Waals surface area contributed by atoms with E-state index in [-0.39, 0.29) is 22.5 Å². The number of benzene rings is 2. The fourth-order valence-electron chi connectivity index (χ4n) is 2.98. The number of carbonyl (C=O) groups excluding carboxylic acids is 1. The lowest BCUT2D eigenvalue weighted by atomic mass is 10.2. The highest BCUT2D eigenvalue weighted by molar-refractivity contribution is 8.19. The van der Waals surface area contributed by atoms with E-state index in [1.807, 2.05) is 0 Å². The van der Waals surface area contributed by atoms with Gasteiger partial charge in [0.1, 0.15) is 0 Å². The van der Waals surface area contributed by atoms with Crippen LogP contribution in [-0.4, -0.2) is 58.9 Å². The minimum Gasteiger partial charge on any atom is -0.493 e. The highest BCUT2D eigenvalue weighted by atomic mass is 32.2. The van der Waals surface area contributed by atoms with Crippen LogP contribution in [0.2, 0.25) is 0 Å². The molecule has 0 radical (unpaired) electrons. The van der Waals surface area contributed by atoms with E-state index in [0.29, 0.717) is 35.0 Å². The molecule has 1 amide bonds. The van der Waals surface area contributed by atoms with Crippen LogP contribution < -0.4 is 9.47 Å². The molecule has 1 saturated heterocycles. The minimum absolute atomic E-state index is 0.0645. The first kappa shape index (κ1) is 23.8. The SMILES string of the molecule is COCCCN1C(=O)/C(=C/c2ccc(OC)c(OC)c2)SC1=NS(=O)(=O)c1ccccc1. The molecule has 1 heterocycles. The van der Waals surface area contributed by atoms with Crippen molar-refractivity contribution >= 4 is 38.9 Å². The van der Waals surface area contributed by atoms with Crippen molar-refractivity contribution < 1.29 is 27.4 Å². The number of nitrogens with zero attached hydrogens (tertiary/aromatic N) is 2. The van der Waals surface area contributed by atoms with Crippen molar-refractivity contribution in [3.05, 3.63) is 59.0 Å². The molecule has 0 bridgehead atoms. The zero-order valence-corrected chi connectivity index (χ0v) is 19.6. The Balaban J connectivity index is 1.97. The third-order valence-corrected chi connectivity index (χ3v) is 6.97. The largest absolute Gasteiger partial charge is 0.493 e. The molecule has 0 aliphatic carbocycles. The summed E-state index contributed by atoms with van der Waals surface area (Å²) < 4.78 is 45.2. The average molecular weight is 477 g/mol. The second-order valence-corrected chi connectivity index (χ2v) is 9.30. The van der Waals surface area contributed by atoms with Gasteiger partial charge >= 0.3 is 0 Å². The number of methoxy groups -OCH3 is 3. The first-order chi connectivity index (χ1) is 15.4. The third-order valence-electron chi connectivity index (χ3n) is 4.56. The number of ether oxygens (including phenoxy) is 3. The summed E-state index contributed by atoms with van der Waals surface area (Å²) in [5.41, 5.74) is 0.711. The van der Waals surface area contributed by atoms with Crippen LogP contribution in [0.5, 0.6) is 11.5 Å². The Labute approximate surface area is 191 Å². The molecule has 3 rings (SSSR count). The van der Waals surface area contributed by atoms with Crippen molar-refractivity contribution in [1.82, 2.24) is 4.90 Å². The van der Waals surface area contributed by atoms with E-state index < -0.39 is 10.0 Å². The van der Waals surface area contributed by atoms with Crippen LogP contribution >= 0.6 is 11.8 Å². The number of hydrogen-bond donors (Lipinski definition) is 0. The van der Waals surface area contributed by atoms with E-state index in [9.17, 15) is 13.2 Å². The Morgan fingerprint density at radius 3 is 2.41 bits per heavy atom. The highest BCUT2D eigenvalue weighted by Gasteiger charge is 2.34. The lowest BCUT2D eigenvalue weighted by Crippen LogP contribution is -2.31. The standard InChI is InChI=1S/C22H24N2O6S2/c1-28-13-7-12-24-21(25)20(15-16-10-11-18(29-2)19(14-16)30-3)31-22(24)23-32(26,27)17-8-5-4-6-9-17/h4-6,8-11,14-15H,7,12-13H2,1-3H3/b20-15-,23-22?. The van der Waals surface area contributed by atoms with Gasteiger partial charge < -0.3 is 14.2 Å². The van der Waals surface area contributed by atoms with E-state index in [1.165, 1.54) is 24.1 Å². The van der Waals surface area contributed by atoms with Crippen LogP contribution in [0.25, 0.3) is 6.08 Å². The molecule has 1 aliphatic heterocycles. The predicted octanol–water partition coefficient (Wildman–Crippen LogP) is 3.40. The summed E-state index contributed by atoms with van der Waals surface area (Å²) in [6.07, 6.45) is 2.22. The minimum atomic E-state index is -3.97. The molecular formula is C22H24N2O6S2. The summed E-state index contributed by atoms with van der Waals surface area (Å²) in [4.78, 5) is 14.9. The van der Waals surface area contributed by atoms with Crippen LogP contribution in [0.3, 0.4) is 0 Å². The molecule has 1 fully saturated rings. The second kappa shape index (κ2) is 10.7. The van der Waals surface area contributed by atoms with Gasteiger partial charge in [0.15, 0.2) is 16.7 Å². The Morgan fingerprint density at radius 1 is 1.03 bits per heavy atom. The van der Waals surface area contributed by atoms with Gasteiger partial charge in [0.05, 0.1) is 24.0 Å². The quantitative estimate of drug-likeness (QED) is 0.404. The molecule has 0 atom stereocenters. The average Bonchev–Trinajstić information content (AvgIpc) is 3.08. The zero-order valence-electron chi connectivity index (χ0n) is 18.0. The van der Waals surface area contributed by atoms with Gasteiger partial charge in [-0.1, -0.05) is 24.3 Å². The topological polar surface area (TPSA) is 94.5 Å². The zero-order chi connectivity index (χ0) is 23.1. The van der Waals surface area contributed by atoms with Crippen molar-refractivity contribution in [3.63, 3.8) is 0 Å². The second-order valence-electron chi connectivity index (χ2n) is 6.69. The van der Waals surface area contributed by atoms with Crippen LogP contribution in [0.4, 0.5) is 0 Å². The number of sulfonamides is 1. The van der Waals surface area contributed by atoms with Crippen LogP contribution in [0, 0.1) is 0 Å². The summed E-state index contributed by atoms with van der Waals surface area (Å²) in [5.74, 6) is 0.773. The Hall–Kier alpha value is -2.82. The summed E-state index contributed by atoms with van der Waals surface area (Å²) in [6.45, 7) is 0.716. The van der Waals surface area contributed by atoms with E-state index >= 15 is 0 Å². The number of thioether (sulfide) groups is 1. The number of amidine groups is 1. The summed E-state index contributed by atoms with van der Waals surface area (Å²) >= 11 is 1.02. The van der Waals surface area contributed by atoms with Gasteiger partial charge in [0.25, 0.3) is 15.9 Å². The van der Waals surface area contributed by atoms with E-state index in [0.717, 1.165) is 11.8 Å². The van der Waals surface area contributed by atoms with Gasteiger partial charge in [0, 0.05) is 20.3 Å². The predicted molar refractivity (Wildman–Crippen MR) is 124 cm³/mol. The molecule has 0 unspecified atom stereocenters. The van der Waals surface area contributed by atoms with Crippen LogP contribution in [0.15, 0.2) is 62.7 Å². The van der Waals surface area contributed by atoms with E-state index in [4.69, 9.17) is 14.2 Å². The third kappa shape index (κ3) is 5.50. The van der Waals surface area contributed by atoms with Crippen molar-refractivity contribution in [2.75, 3.05) is 34.5 Å². The maximum Gasteiger partial charge on any atom is 0.284 e. The highest BCUT2D eigenvalue weighted by Crippen LogP contribution is 2.35. The smallest absolute Gasteiger partial charge is 0.284 e. The lowest BCUT2D eigenvalue weighted by molar-refractivity contribution is -0.122. The van der Waals surface area contributed by atoms with Gasteiger partial charge in [-0.3, -0.25) is 9.69 Å². The molecule has 2 aromatic carbocycles. The maximum atomic E-state index is 13.1. The summed E-state index contributed by atoms with van der Waals surface area (Å²) in [5, 5.41) is 0.113. The van der Waals surface area contributed by atoms with Crippen molar-refractivity contribution in [1.29, 1.82) is 0 Å². The first-order valence-corrected chi connectivity index (χ1v) is 12.0. The van der Waals surface area contributed by atoms with Crippen molar-refractivity contribution in [3.8, 4) is 11.5 Å². The molecule has 2 aromatic rings. The van der Waals surface area contributed by atoms with Crippen LogP contribution in [-0.2, 0) is 19.6 Å². The van der Waals surface area contributed by atoms with Gasteiger partial charge in [-0.15, -0.1) is 4.40 Å². The Bertz CT molecular complexity index is 1130. The molecule has 170 valence electrons. The van der Waals surface area contributed by atoms with E-state index in [1.54, 1.807) is 56.7 Å². The maximum absolute atomic E-state index is 13.1. The lowest BCUT2D eigenvalue weighted by Gasteiger charge is -2.15. The summed E-state index contributed by atoms with van der Waals surface area (Å²) in [6, 6.07) is 13.2. The van der Waals surface area contributed by atoms with Gasteiger partial charge in [-0.05, 0) is 54.1 Å².